The van der Waals surface area contributed by atoms with Crippen molar-refractivity contribution < 1.29 is 8.42 Å². The minimum Gasteiger partial charge on any atom is -0.225 e. The summed E-state index contributed by atoms with van der Waals surface area (Å²) in [4.78, 5) is 0.149. The van der Waals surface area contributed by atoms with Crippen LogP contribution in [0.3, 0.4) is 0 Å². The summed E-state index contributed by atoms with van der Waals surface area (Å²) in [5.74, 6) is 0. The van der Waals surface area contributed by atoms with Gasteiger partial charge in [-0.2, -0.15) is 0 Å². The zero-order valence-corrected chi connectivity index (χ0v) is 10.2. The van der Waals surface area contributed by atoms with E-state index in [4.69, 9.17) is 5.14 Å². The summed E-state index contributed by atoms with van der Waals surface area (Å²) in [5.41, 5.74) is 2.70. The van der Waals surface area contributed by atoms with Gasteiger partial charge in [-0.3, -0.25) is 0 Å². The second-order valence-corrected chi connectivity index (χ2v) is 5.51. The van der Waals surface area contributed by atoms with Gasteiger partial charge in [0.05, 0.1) is 4.90 Å². The molecule has 0 saturated carbocycles. The Kier molecular flexibility index (Phi) is 3.00. The summed E-state index contributed by atoms with van der Waals surface area (Å²) in [5, 5.41) is 5.14. The number of primary sulfonamides is 1. The Morgan fingerprint density at radius 1 is 0.941 bits per heavy atom. The monoisotopic (exact) mass is 247 g/mol. The highest BCUT2D eigenvalue weighted by Crippen LogP contribution is 2.23. The molecule has 2 N–H and O–H groups in total. The standard InChI is InChI=1S/C13H13NO2S/c1-10-7-12(11-5-3-2-4-6-11)9-13(8-10)17(14,15)16/h2-9H,1H3,(H2,14,15,16). The van der Waals surface area contributed by atoms with Gasteiger partial charge in [0.2, 0.25) is 10.0 Å². The van der Waals surface area contributed by atoms with E-state index in [2.05, 4.69) is 0 Å². The molecule has 0 aliphatic heterocycles. The third-order valence-corrected chi connectivity index (χ3v) is 3.38. The Hall–Kier alpha value is -1.65. The molecule has 88 valence electrons. The molecule has 0 aliphatic rings. The largest absolute Gasteiger partial charge is 0.238 e. The number of aryl methyl sites for hydroxylation is 1. The van der Waals surface area contributed by atoms with Crippen molar-refractivity contribution in [2.24, 2.45) is 5.14 Å². The molecule has 4 heteroatoms. The smallest absolute Gasteiger partial charge is 0.225 e. The second-order valence-electron chi connectivity index (χ2n) is 3.95. The van der Waals surface area contributed by atoms with Crippen LogP contribution in [0.1, 0.15) is 5.56 Å². The van der Waals surface area contributed by atoms with Crippen molar-refractivity contribution in [1.82, 2.24) is 0 Å². The van der Waals surface area contributed by atoms with Crippen molar-refractivity contribution in [3.63, 3.8) is 0 Å². The van der Waals surface area contributed by atoms with E-state index in [-0.39, 0.29) is 4.90 Å². The number of rotatable bonds is 2. The highest BCUT2D eigenvalue weighted by Gasteiger charge is 2.10. The van der Waals surface area contributed by atoms with Crippen LogP contribution >= 0.6 is 0 Å². The van der Waals surface area contributed by atoms with Crippen LogP contribution in [0.25, 0.3) is 11.1 Å². The maximum Gasteiger partial charge on any atom is 0.238 e. The lowest BCUT2D eigenvalue weighted by molar-refractivity contribution is 0.597. The molecule has 0 unspecified atom stereocenters. The highest BCUT2D eigenvalue weighted by molar-refractivity contribution is 7.89. The molecule has 0 aromatic heterocycles. The molecule has 2 aromatic carbocycles. The summed E-state index contributed by atoms with van der Waals surface area (Å²) in [6.07, 6.45) is 0. The topological polar surface area (TPSA) is 60.2 Å². The number of nitrogens with two attached hydrogens (primary N) is 1. The first-order valence-corrected chi connectivity index (χ1v) is 6.71. The van der Waals surface area contributed by atoms with E-state index < -0.39 is 10.0 Å². The molecule has 0 atom stereocenters. The molecule has 0 heterocycles. The first-order chi connectivity index (χ1) is 7.97. The predicted octanol–water partition coefficient (Wildman–Crippen LogP) is 2.31. The lowest BCUT2D eigenvalue weighted by atomic mass is 10.0. The molecule has 0 spiro atoms. The predicted molar refractivity (Wildman–Crippen MR) is 68.0 cm³/mol. The van der Waals surface area contributed by atoms with Gasteiger partial charge in [0, 0.05) is 0 Å². The van der Waals surface area contributed by atoms with Crippen molar-refractivity contribution in [1.29, 1.82) is 0 Å². The molecular formula is C13H13NO2S. The minimum atomic E-state index is -3.66. The van der Waals surface area contributed by atoms with Gasteiger partial charge in [0.1, 0.15) is 0 Å². The number of benzene rings is 2. The number of sulfonamides is 1. The van der Waals surface area contributed by atoms with Crippen molar-refractivity contribution >= 4 is 10.0 Å². The van der Waals surface area contributed by atoms with Gasteiger partial charge >= 0.3 is 0 Å². The average molecular weight is 247 g/mol. The third kappa shape index (κ3) is 2.72. The molecule has 0 radical (unpaired) electrons. The van der Waals surface area contributed by atoms with Crippen LogP contribution in [0.4, 0.5) is 0 Å². The molecule has 0 fully saturated rings. The van der Waals surface area contributed by atoms with Crippen molar-refractivity contribution in [2.75, 3.05) is 0 Å². The normalized spacial score (nSPS) is 11.4. The summed E-state index contributed by atoms with van der Waals surface area (Å²) in [6, 6.07) is 14.7. The molecule has 0 aliphatic carbocycles. The maximum atomic E-state index is 11.3. The Labute approximate surface area is 101 Å². The lowest BCUT2D eigenvalue weighted by Gasteiger charge is -2.06. The van der Waals surface area contributed by atoms with Crippen LogP contribution in [0, 0.1) is 6.92 Å². The molecule has 0 bridgehead atoms. The van der Waals surface area contributed by atoms with E-state index in [1.54, 1.807) is 12.1 Å². The average Bonchev–Trinajstić information content (AvgIpc) is 2.28. The van der Waals surface area contributed by atoms with Gasteiger partial charge < -0.3 is 0 Å². The van der Waals surface area contributed by atoms with Crippen LogP contribution in [-0.2, 0) is 10.0 Å². The van der Waals surface area contributed by atoms with Gasteiger partial charge in [0.25, 0.3) is 0 Å². The Bertz CT molecular complexity index is 634. The van der Waals surface area contributed by atoms with Gasteiger partial charge in [0.15, 0.2) is 0 Å². The Morgan fingerprint density at radius 2 is 1.59 bits per heavy atom. The van der Waals surface area contributed by atoms with Crippen LogP contribution < -0.4 is 5.14 Å². The second kappa shape index (κ2) is 4.31. The lowest BCUT2D eigenvalue weighted by Crippen LogP contribution is -2.12. The first kappa shape index (κ1) is 11.8. The van der Waals surface area contributed by atoms with Crippen LogP contribution in [0.2, 0.25) is 0 Å². The summed E-state index contributed by atoms with van der Waals surface area (Å²) in [6.45, 7) is 1.85. The summed E-state index contributed by atoms with van der Waals surface area (Å²) in [7, 11) is -3.66. The van der Waals surface area contributed by atoms with Crippen molar-refractivity contribution in [3.05, 3.63) is 54.1 Å². The van der Waals surface area contributed by atoms with E-state index >= 15 is 0 Å². The van der Waals surface area contributed by atoms with Gasteiger partial charge in [-0.1, -0.05) is 36.4 Å². The molecule has 2 aromatic rings. The number of hydrogen-bond acceptors (Lipinski definition) is 2. The van der Waals surface area contributed by atoms with Crippen molar-refractivity contribution in [2.45, 2.75) is 11.8 Å². The molecule has 0 saturated heterocycles. The molecular weight excluding hydrogens is 234 g/mol. The Balaban J connectivity index is 2.61. The molecule has 2 rings (SSSR count). The van der Waals surface area contributed by atoms with Gasteiger partial charge in [-0.25, -0.2) is 13.6 Å². The zero-order valence-electron chi connectivity index (χ0n) is 9.42. The maximum absolute atomic E-state index is 11.3. The van der Waals surface area contributed by atoms with E-state index in [1.165, 1.54) is 0 Å². The Morgan fingerprint density at radius 3 is 2.18 bits per heavy atom. The fraction of sp³-hybridized carbons (Fsp3) is 0.0769. The van der Waals surface area contributed by atoms with Crippen LogP contribution in [0.15, 0.2) is 53.4 Å². The molecule has 17 heavy (non-hydrogen) atoms. The van der Waals surface area contributed by atoms with E-state index in [0.717, 1.165) is 16.7 Å². The van der Waals surface area contributed by atoms with Gasteiger partial charge in [-0.15, -0.1) is 0 Å². The molecule has 3 nitrogen and oxygen atoms in total. The van der Waals surface area contributed by atoms with E-state index in [9.17, 15) is 8.42 Å². The third-order valence-electron chi connectivity index (χ3n) is 2.49. The number of hydrogen-bond donors (Lipinski definition) is 1. The quantitative estimate of drug-likeness (QED) is 0.885. The first-order valence-electron chi connectivity index (χ1n) is 5.17. The minimum absolute atomic E-state index is 0.149. The summed E-state index contributed by atoms with van der Waals surface area (Å²) < 4.78 is 22.7. The zero-order chi connectivity index (χ0) is 12.5. The fourth-order valence-electron chi connectivity index (χ4n) is 1.71. The van der Waals surface area contributed by atoms with E-state index in [0.29, 0.717) is 0 Å². The highest BCUT2D eigenvalue weighted by atomic mass is 32.2. The van der Waals surface area contributed by atoms with E-state index in [1.807, 2.05) is 43.3 Å². The van der Waals surface area contributed by atoms with Crippen LogP contribution in [-0.4, -0.2) is 8.42 Å². The summed E-state index contributed by atoms with van der Waals surface area (Å²) >= 11 is 0. The SMILES string of the molecule is Cc1cc(-c2ccccc2)cc(S(N)(=O)=O)c1. The molecule has 0 amide bonds. The fourth-order valence-corrected chi connectivity index (χ4v) is 2.35. The van der Waals surface area contributed by atoms with Crippen molar-refractivity contribution in [3.8, 4) is 11.1 Å². The van der Waals surface area contributed by atoms with Crippen LogP contribution in [0.5, 0.6) is 0 Å². The van der Waals surface area contributed by atoms with Gasteiger partial charge in [-0.05, 0) is 35.7 Å².